The summed E-state index contributed by atoms with van der Waals surface area (Å²) in [5.74, 6) is 0.508. The molecule has 0 spiro atoms. The zero-order chi connectivity index (χ0) is 10.5. The normalized spacial score (nSPS) is 9.93. The highest BCUT2D eigenvalue weighted by Crippen LogP contribution is 2.21. The van der Waals surface area contributed by atoms with E-state index in [2.05, 4.69) is 10.3 Å². The number of nitrogens with zero attached hydrogens (tertiary/aromatic N) is 1. The van der Waals surface area contributed by atoms with E-state index in [1.54, 1.807) is 12.4 Å². The molecule has 0 saturated heterocycles. The molecule has 1 aromatic carbocycles. The third-order valence-electron chi connectivity index (χ3n) is 2.12. The van der Waals surface area contributed by atoms with Crippen LogP contribution in [0.15, 0.2) is 48.8 Å². The zero-order valence-electron chi connectivity index (χ0n) is 8.15. The van der Waals surface area contributed by atoms with Crippen LogP contribution in [0.5, 0.6) is 0 Å². The first-order chi connectivity index (χ1) is 7.40. The van der Waals surface area contributed by atoms with Gasteiger partial charge in [-0.05, 0) is 23.8 Å². The summed E-state index contributed by atoms with van der Waals surface area (Å²) in [4.78, 5) is 3.96. The van der Waals surface area contributed by atoms with Crippen LogP contribution < -0.4 is 5.32 Å². The van der Waals surface area contributed by atoms with Gasteiger partial charge >= 0.3 is 0 Å². The predicted octanol–water partition coefficient (Wildman–Crippen LogP) is 3.56. The molecule has 76 valence electrons. The number of anilines is 2. The quantitative estimate of drug-likeness (QED) is 0.797. The third-order valence-corrected chi connectivity index (χ3v) is 2.41. The van der Waals surface area contributed by atoms with Crippen molar-refractivity contribution >= 4 is 23.0 Å². The third kappa shape index (κ3) is 2.48. The highest BCUT2D eigenvalue weighted by Gasteiger charge is 1.99. The monoisotopic (exact) mass is 218 g/mol. The molecule has 1 heterocycles. The molecule has 1 aromatic heterocycles. The molecule has 0 aliphatic rings. The van der Waals surface area contributed by atoms with E-state index in [0.29, 0.717) is 5.88 Å². The minimum Gasteiger partial charge on any atom is -0.355 e. The predicted molar refractivity (Wildman–Crippen MR) is 63.5 cm³/mol. The van der Waals surface area contributed by atoms with Crippen molar-refractivity contribution in [2.45, 2.75) is 5.88 Å². The molecule has 2 nitrogen and oxygen atoms in total. The summed E-state index contributed by atoms with van der Waals surface area (Å²) in [7, 11) is 0. The molecule has 0 atom stereocenters. The Morgan fingerprint density at radius 3 is 2.53 bits per heavy atom. The highest BCUT2D eigenvalue weighted by molar-refractivity contribution is 6.17. The van der Waals surface area contributed by atoms with Gasteiger partial charge in [0.1, 0.15) is 0 Å². The maximum Gasteiger partial charge on any atom is 0.0494 e. The Hall–Kier alpha value is -1.54. The van der Waals surface area contributed by atoms with E-state index in [-0.39, 0.29) is 0 Å². The number of nitrogens with one attached hydrogen (secondary N) is 1. The summed E-state index contributed by atoms with van der Waals surface area (Å²) in [5.41, 5.74) is 3.15. The van der Waals surface area contributed by atoms with Crippen molar-refractivity contribution in [2.24, 2.45) is 0 Å². The maximum absolute atomic E-state index is 5.85. The Morgan fingerprint density at radius 1 is 1.07 bits per heavy atom. The standard InChI is InChI=1S/C12H11ClN2/c13-9-10-3-1-2-4-12(10)15-11-5-7-14-8-6-11/h1-8H,9H2,(H,14,15). The van der Waals surface area contributed by atoms with E-state index in [4.69, 9.17) is 11.6 Å². The fourth-order valence-corrected chi connectivity index (χ4v) is 1.58. The lowest BCUT2D eigenvalue weighted by atomic mass is 10.2. The van der Waals surface area contributed by atoms with Gasteiger partial charge in [0.25, 0.3) is 0 Å². The number of para-hydroxylation sites is 1. The number of hydrogen-bond donors (Lipinski definition) is 1. The topological polar surface area (TPSA) is 24.9 Å². The maximum atomic E-state index is 5.85. The fraction of sp³-hybridized carbons (Fsp3) is 0.0833. The van der Waals surface area contributed by atoms with Gasteiger partial charge in [0.15, 0.2) is 0 Å². The van der Waals surface area contributed by atoms with Gasteiger partial charge in [-0.25, -0.2) is 0 Å². The molecule has 15 heavy (non-hydrogen) atoms. The molecule has 0 aliphatic heterocycles. The molecule has 0 aliphatic carbocycles. The molecule has 1 N–H and O–H groups in total. The van der Waals surface area contributed by atoms with Crippen molar-refractivity contribution in [3.63, 3.8) is 0 Å². The molecule has 0 bridgehead atoms. The van der Waals surface area contributed by atoms with Crippen LogP contribution >= 0.6 is 11.6 Å². The first-order valence-corrected chi connectivity index (χ1v) is 5.24. The van der Waals surface area contributed by atoms with Gasteiger partial charge in [0.2, 0.25) is 0 Å². The Bertz CT molecular complexity index is 429. The average molecular weight is 219 g/mol. The summed E-state index contributed by atoms with van der Waals surface area (Å²) in [5, 5.41) is 3.30. The number of aromatic nitrogens is 1. The number of hydrogen-bond acceptors (Lipinski definition) is 2. The summed E-state index contributed by atoms with van der Waals surface area (Å²) in [6, 6.07) is 11.8. The number of benzene rings is 1. The summed E-state index contributed by atoms with van der Waals surface area (Å²) in [6.07, 6.45) is 3.51. The number of pyridine rings is 1. The first-order valence-electron chi connectivity index (χ1n) is 4.71. The average Bonchev–Trinajstić information content (AvgIpc) is 2.31. The molecular weight excluding hydrogens is 208 g/mol. The van der Waals surface area contributed by atoms with Gasteiger partial charge in [-0.2, -0.15) is 0 Å². The van der Waals surface area contributed by atoms with E-state index >= 15 is 0 Å². The lowest BCUT2D eigenvalue weighted by molar-refractivity contribution is 1.32. The van der Waals surface area contributed by atoms with Crippen LogP contribution in [-0.2, 0) is 5.88 Å². The Balaban J connectivity index is 2.24. The van der Waals surface area contributed by atoms with E-state index in [9.17, 15) is 0 Å². The van der Waals surface area contributed by atoms with E-state index in [1.807, 2.05) is 36.4 Å². The van der Waals surface area contributed by atoms with Crippen LogP contribution in [0.25, 0.3) is 0 Å². The SMILES string of the molecule is ClCc1ccccc1Nc1ccncc1. The van der Waals surface area contributed by atoms with Gasteiger partial charge in [0.05, 0.1) is 0 Å². The van der Waals surface area contributed by atoms with Crippen LogP contribution in [0.4, 0.5) is 11.4 Å². The smallest absolute Gasteiger partial charge is 0.0494 e. The Labute approximate surface area is 93.9 Å². The molecule has 0 radical (unpaired) electrons. The van der Waals surface area contributed by atoms with Gasteiger partial charge in [-0.1, -0.05) is 18.2 Å². The molecule has 2 rings (SSSR count). The Kier molecular flexibility index (Phi) is 3.20. The summed E-state index contributed by atoms with van der Waals surface area (Å²) < 4.78 is 0. The van der Waals surface area contributed by atoms with Crippen LogP contribution in [0.1, 0.15) is 5.56 Å². The van der Waals surface area contributed by atoms with Crippen molar-refractivity contribution in [1.82, 2.24) is 4.98 Å². The van der Waals surface area contributed by atoms with Gasteiger partial charge in [0, 0.05) is 29.6 Å². The molecule has 0 unspecified atom stereocenters. The number of rotatable bonds is 3. The van der Waals surface area contributed by atoms with E-state index < -0.39 is 0 Å². The largest absolute Gasteiger partial charge is 0.355 e. The van der Waals surface area contributed by atoms with Crippen molar-refractivity contribution < 1.29 is 0 Å². The molecule has 0 fully saturated rings. The summed E-state index contributed by atoms with van der Waals surface area (Å²) in [6.45, 7) is 0. The first kappa shape index (κ1) is 9.99. The van der Waals surface area contributed by atoms with Crippen LogP contribution in [0.2, 0.25) is 0 Å². The minimum absolute atomic E-state index is 0.508. The van der Waals surface area contributed by atoms with Crippen LogP contribution in [-0.4, -0.2) is 4.98 Å². The van der Waals surface area contributed by atoms with Crippen molar-refractivity contribution in [3.05, 3.63) is 54.4 Å². The van der Waals surface area contributed by atoms with Gasteiger partial charge < -0.3 is 5.32 Å². The van der Waals surface area contributed by atoms with Crippen LogP contribution in [0.3, 0.4) is 0 Å². The Morgan fingerprint density at radius 2 is 1.80 bits per heavy atom. The molecule has 3 heteroatoms. The minimum atomic E-state index is 0.508. The van der Waals surface area contributed by atoms with E-state index in [0.717, 1.165) is 16.9 Å². The van der Waals surface area contributed by atoms with E-state index in [1.165, 1.54) is 0 Å². The van der Waals surface area contributed by atoms with Crippen LogP contribution in [0, 0.1) is 0 Å². The molecule has 2 aromatic rings. The fourth-order valence-electron chi connectivity index (χ4n) is 1.35. The zero-order valence-corrected chi connectivity index (χ0v) is 8.91. The molecular formula is C12H11ClN2. The van der Waals surface area contributed by atoms with Gasteiger partial charge in [-0.3, -0.25) is 4.98 Å². The molecule has 0 saturated carbocycles. The second kappa shape index (κ2) is 4.80. The lowest BCUT2D eigenvalue weighted by Crippen LogP contribution is -1.93. The number of alkyl halides is 1. The van der Waals surface area contributed by atoms with Crippen molar-refractivity contribution in [2.75, 3.05) is 5.32 Å². The van der Waals surface area contributed by atoms with Crippen molar-refractivity contribution in [3.8, 4) is 0 Å². The summed E-state index contributed by atoms with van der Waals surface area (Å²) >= 11 is 5.85. The molecule has 0 amide bonds. The highest BCUT2D eigenvalue weighted by atomic mass is 35.5. The van der Waals surface area contributed by atoms with Crippen molar-refractivity contribution in [1.29, 1.82) is 0 Å². The lowest BCUT2D eigenvalue weighted by Gasteiger charge is -2.09. The second-order valence-electron chi connectivity index (χ2n) is 3.15. The van der Waals surface area contributed by atoms with Gasteiger partial charge in [-0.15, -0.1) is 11.6 Å². The second-order valence-corrected chi connectivity index (χ2v) is 3.42. The number of halogens is 1.